The van der Waals surface area contributed by atoms with Crippen LogP contribution in [0.25, 0.3) is 0 Å². The molecule has 2 rings (SSSR count). The lowest BCUT2D eigenvalue weighted by molar-refractivity contribution is -0.152. The summed E-state index contributed by atoms with van der Waals surface area (Å²) in [5.41, 5.74) is 0. The van der Waals surface area contributed by atoms with Crippen molar-refractivity contribution >= 4 is 24.7 Å². The van der Waals surface area contributed by atoms with E-state index in [-0.39, 0.29) is 16.9 Å². The minimum absolute atomic E-state index is 0.0759. The van der Waals surface area contributed by atoms with Gasteiger partial charge in [0.2, 0.25) is 0 Å². The first kappa shape index (κ1) is 25.1. The summed E-state index contributed by atoms with van der Waals surface area (Å²) in [6, 6.07) is 21.1. The molecule has 0 amide bonds. The Morgan fingerprint density at radius 2 is 1.45 bits per heavy atom. The van der Waals surface area contributed by atoms with Crippen molar-refractivity contribution in [2.24, 2.45) is 11.8 Å². The standard InChI is InChI=1S/C26H36O4Si/c1-20(17-18-21(2)24(27)25(28)29-6)19-30-31(26(3,4)5,22-13-9-7-10-14-22)23-15-11-8-12-16-23/h7-18,20-21,24,27H,19H2,1-6H3/b18-17+/t20-,21+,24+/m1/s1. The number of aliphatic hydroxyl groups excluding tert-OH is 1. The summed E-state index contributed by atoms with van der Waals surface area (Å²) in [7, 11) is -1.29. The Bertz CT molecular complexity index is 803. The summed E-state index contributed by atoms with van der Waals surface area (Å²) in [4.78, 5) is 11.6. The monoisotopic (exact) mass is 440 g/mol. The highest BCUT2D eigenvalue weighted by Gasteiger charge is 2.50. The van der Waals surface area contributed by atoms with E-state index in [1.807, 2.05) is 24.3 Å². The van der Waals surface area contributed by atoms with E-state index in [2.05, 4.69) is 81.0 Å². The highest BCUT2D eigenvalue weighted by molar-refractivity contribution is 6.99. The van der Waals surface area contributed by atoms with E-state index >= 15 is 0 Å². The van der Waals surface area contributed by atoms with Crippen LogP contribution in [-0.4, -0.2) is 39.2 Å². The Morgan fingerprint density at radius 1 is 0.968 bits per heavy atom. The van der Waals surface area contributed by atoms with Crippen molar-refractivity contribution in [1.29, 1.82) is 0 Å². The second kappa shape index (κ2) is 10.9. The zero-order chi connectivity index (χ0) is 23.1. The first-order valence-corrected chi connectivity index (χ1v) is 12.7. The summed E-state index contributed by atoms with van der Waals surface area (Å²) in [5, 5.41) is 12.4. The molecule has 0 heterocycles. The number of hydrogen-bond acceptors (Lipinski definition) is 4. The average molecular weight is 441 g/mol. The average Bonchev–Trinajstić information content (AvgIpc) is 2.77. The van der Waals surface area contributed by atoms with Gasteiger partial charge in [0.15, 0.2) is 6.10 Å². The van der Waals surface area contributed by atoms with Crippen LogP contribution in [0.5, 0.6) is 0 Å². The largest absolute Gasteiger partial charge is 0.467 e. The Kier molecular flexibility index (Phi) is 8.80. The van der Waals surface area contributed by atoms with Gasteiger partial charge in [-0.05, 0) is 21.3 Å². The Balaban J connectivity index is 2.31. The van der Waals surface area contributed by atoms with E-state index in [0.29, 0.717) is 6.61 Å². The van der Waals surface area contributed by atoms with Gasteiger partial charge in [0.05, 0.1) is 7.11 Å². The fourth-order valence-electron chi connectivity index (χ4n) is 3.88. The molecule has 31 heavy (non-hydrogen) atoms. The molecule has 0 saturated carbocycles. The number of carbonyl (C=O) groups is 1. The number of rotatable bonds is 9. The van der Waals surface area contributed by atoms with E-state index in [9.17, 15) is 9.90 Å². The Hall–Kier alpha value is -2.21. The van der Waals surface area contributed by atoms with E-state index < -0.39 is 20.4 Å². The second-order valence-electron chi connectivity index (χ2n) is 9.16. The van der Waals surface area contributed by atoms with Gasteiger partial charge in [-0.25, -0.2) is 4.79 Å². The molecule has 0 aliphatic heterocycles. The number of esters is 1. The highest BCUT2D eigenvalue weighted by atomic mass is 28.4. The molecule has 0 aliphatic rings. The number of carbonyl (C=O) groups excluding carboxylic acids is 1. The third kappa shape index (κ3) is 5.94. The summed E-state index contributed by atoms with van der Waals surface area (Å²) < 4.78 is 11.5. The van der Waals surface area contributed by atoms with Gasteiger partial charge in [0, 0.05) is 12.5 Å². The lowest BCUT2D eigenvalue weighted by Gasteiger charge is -2.43. The molecular formula is C26H36O4Si. The summed E-state index contributed by atoms with van der Waals surface area (Å²) in [5.74, 6) is -0.829. The van der Waals surface area contributed by atoms with Gasteiger partial charge < -0.3 is 14.3 Å². The highest BCUT2D eigenvalue weighted by Crippen LogP contribution is 2.37. The minimum atomic E-state index is -2.57. The van der Waals surface area contributed by atoms with Crippen LogP contribution in [-0.2, 0) is 14.0 Å². The number of hydrogen-bond donors (Lipinski definition) is 1. The normalized spacial score (nSPS) is 15.5. The molecule has 0 aliphatic carbocycles. The Morgan fingerprint density at radius 3 is 1.87 bits per heavy atom. The van der Waals surface area contributed by atoms with Crippen LogP contribution in [0.3, 0.4) is 0 Å². The Labute approximate surface area is 188 Å². The lowest BCUT2D eigenvalue weighted by Crippen LogP contribution is -2.66. The van der Waals surface area contributed by atoms with Gasteiger partial charge in [-0.1, -0.05) is 107 Å². The smallest absolute Gasteiger partial charge is 0.335 e. The third-order valence-electron chi connectivity index (χ3n) is 5.66. The molecule has 5 heteroatoms. The van der Waals surface area contributed by atoms with Crippen molar-refractivity contribution in [2.45, 2.75) is 45.8 Å². The predicted molar refractivity (Wildman–Crippen MR) is 129 cm³/mol. The van der Waals surface area contributed by atoms with Crippen molar-refractivity contribution in [3.05, 3.63) is 72.8 Å². The number of methoxy groups -OCH3 is 1. The van der Waals surface area contributed by atoms with Crippen LogP contribution in [0, 0.1) is 11.8 Å². The SMILES string of the molecule is COC(=O)[C@@H](O)[C@@H](C)/C=C/[C@@H](C)CO[Si](c1ccccc1)(c1ccccc1)C(C)(C)C. The summed E-state index contributed by atoms with van der Waals surface area (Å²) >= 11 is 0. The van der Waals surface area contributed by atoms with Gasteiger partial charge >= 0.3 is 5.97 Å². The molecule has 168 valence electrons. The van der Waals surface area contributed by atoms with Gasteiger partial charge in [-0.2, -0.15) is 0 Å². The number of ether oxygens (including phenoxy) is 1. The lowest BCUT2D eigenvalue weighted by atomic mass is 10.0. The molecule has 0 radical (unpaired) electrons. The zero-order valence-electron chi connectivity index (χ0n) is 19.5. The van der Waals surface area contributed by atoms with E-state index in [4.69, 9.17) is 4.43 Å². The van der Waals surface area contributed by atoms with Crippen molar-refractivity contribution in [3.8, 4) is 0 Å². The minimum Gasteiger partial charge on any atom is -0.467 e. The van der Waals surface area contributed by atoms with Gasteiger partial charge in [-0.3, -0.25) is 0 Å². The maximum absolute atomic E-state index is 11.6. The summed E-state index contributed by atoms with van der Waals surface area (Å²) in [6.45, 7) is 11.2. The number of aliphatic hydroxyl groups is 1. The topological polar surface area (TPSA) is 55.8 Å². The fourth-order valence-corrected chi connectivity index (χ4v) is 8.55. The van der Waals surface area contributed by atoms with E-state index in [0.717, 1.165) is 0 Å². The molecule has 0 bridgehead atoms. The fraction of sp³-hybridized carbons (Fsp3) is 0.423. The molecule has 4 nitrogen and oxygen atoms in total. The second-order valence-corrected chi connectivity index (χ2v) is 13.5. The predicted octanol–water partition coefficient (Wildman–Crippen LogP) is 3.93. The van der Waals surface area contributed by atoms with Crippen LogP contribution in [0.1, 0.15) is 34.6 Å². The van der Waals surface area contributed by atoms with E-state index in [1.54, 1.807) is 6.92 Å². The van der Waals surface area contributed by atoms with Crippen LogP contribution in [0.15, 0.2) is 72.8 Å². The number of benzene rings is 2. The molecule has 0 aromatic heterocycles. The molecule has 3 atom stereocenters. The van der Waals surface area contributed by atoms with Crippen molar-refractivity contribution in [1.82, 2.24) is 0 Å². The van der Waals surface area contributed by atoms with Crippen LogP contribution >= 0.6 is 0 Å². The molecule has 0 unspecified atom stereocenters. The molecule has 0 spiro atoms. The van der Waals surface area contributed by atoms with Crippen LogP contribution in [0.4, 0.5) is 0 Å². The van der Waals surface area contributed by atoms with Crippen molar-refractivity contribution in [2.75, 3.05) is 13.7 Å². The zero-order valence-corrected chi connectivity index (χ0v) is 20.5. The molecule has 0 fully saturated rings. The van der Waals surface area contributed by atoms with Crippen LogP contribution < -0.4 is 10.4 Å². The maximum atomic E-state index is 11.6. The first-order valence-electron chi connectivity index (χ1n) is 10.8. The molecule has 2 aromatic rings. The quantitative estimate of drug-likeness (QED) is 0.365. The van der Waals surface area contributed by atoms with Gasteiger partial charge in [0.1, 0.15) is 0 Å². The van der Waals surface area contributed by atoms with Gasteiger partial charge in [-0.15, -0.1) is 0 Å². The molecule has 0 saturated heterocycles. The molecule has 2 aromatic carbocycles. The van der Waals surface area contributed by atoms with Crippen LogP contribution in [0.2, 0.25) is 5.04 Å². The molecular weight excluding hydrogens is 404 g/mol. The third-order valence-corrected chi connectivity index (χ3v) is 10.7. The first-order chi connectivity index (χ1) is 14.6. The molecule has 1 N–H and O–H groups in total. The van der Waals surface area contributed by atoms with Crippen molar-refractivity contribution < 1.29 is 19.1 Å². The van der Waals surface area contributed by atoms with E-state index in [1.165, 1.54) is 17.5 Å². The summed E-state index contributed by atoms with van der Waals surface area (Å²) in [6.07, 6.45) is 2.71. The van der Waals surface area contributed by atoms with Gasteiger partial charge in [0.25, 0.3) is 8.32 Å². The maximum Gasteiger partial charge on any atom is 0.335 e. The van der Waals surface area contributed by atoms with Crippen molar-refractivity contribution in [3.63, 3.8) is 0 Å².